The van der Waals surface area contributed by atoms with Gasteiger partial charge in [-0.2, -0.15) is 13.5 Å². The molecule has 0 aromatic carbocycles. The van der Waals surface area contributed by atoms with Crippen molar-refractivity contribution in [3.05, 3.63) is 0 Å². The molecule has 2 N–H and O–H groups in total. The number of fused-ring (bicyclic) bond motifs is 2. The molecular formula is C13H20N4O7S. The van der Waals surface area contributed by atoms with Crippen LogP contribution in [0.25, 0.3) is 0 Å². The zero-order valence-electron chi connectivity index (χ0n) is 13.6. The number of piperidine rings is 1. The van der Waals surface area contributed by atoms with Crippen molar-refractivity contribution < 1.29 is 31.6 Å². The van der Waals surface area contributed by atoms with Gasteiger partial charge in [0.2, 0.25) is 5.91 Å². The molecule has 2 aliphatic heterocycles. The molecule has 25 heavy (non-hydrogen) atoms. The zero-order chi connectivity index (χ0) is 18.4. The Balaban J connectivity index is 1.61. The Morgan fingerprint density at radius 2 is 2.00 bits per heavy atom. The van der Waals surface area contributed by atoms with E-state index >= 15 is 0 Å². The third-order valence-electron chi connectivity index (χ3n) is 4.61. The van der Waals surface area contributed by atoms with E-state index in [1.54, 1.807) is 0 Å². The highest BCUT2D eigenvalue weighted by Gasteiger charge is 2.49. The second-order valence-electron chi connectivity index (χ2n) is 6.59. The van der Waals surface area contributed by atoms with Crippen molar-refractivity contribution in [2.75, 3.05) is 13.6 Å². The Morgan fingerprint density at radius 3 is 2.60 bits per heavy atom. The number of hydrogen-bond acceptors (Lipinski definition) is 6. The van der Waals surface area contributed by atoms with E-state index in [4.69, 9.17) is 4.55 Å². The summed E-state index contributed by atoms with van der Waals surface area (Å²) in [6, 6.07) is -2.21. The van der Waals surface area contributed by atoms with Gasteiger partial charge >= 0.3 is 16.4 Å². The van der Waals surface area contributed by atoms with Crippen LogP contribution in [0.4, 0.5) is 4.79 Å². The molecule has 2 atom stereocenters. The maximum Gasteiger partial charge on any atom is 0.418 e. The number of nitrogens with zero attached hydrogens (tertiary/aromatic N) is 3. The lowest BCUT2D eigenvalue weighted by molar-refractivity contribution is -0.142. The van der Waals surface area contributed by atoms with Crippen molar-refractivity contribution in [3.8, 4) is 0 Å². The first-order valence-corrected chi connectivity index (χ1v) is 9.36. The van der Waals surface area contributed by atoms with Gasteiger partial charge in [-0.05, 0) is 31.6 Å². The van der Waals surface area contributed by atoms with Crippen LogP contribution < -0.4 is 5.43 Å². The number of nitrogens with one attached hydrogen (secondary N) is 1. The molecule has 3 rings (SSSR count). The molecule has 2 saturated heterocycles. The molecule has 12 heteroatoms. The Morgan fingerprint density at radius 1 is 1.32 bits per heavy atom. The lowest BCUT2D eigenvalue weighted by Gasteiger charge is -2.30. The molecule has 0 unspecified atom stereocenters. The predicted octanol–water partition coefficient (Wildman–Crippen LogP) is -0.721. The van der Waals surface area contributed by atoms with E-state index in [-0.39, 0.29) is 18.9 Å². The van der Waals surface area contributed by atoms with Crippen molar-refractivity contribution in [1.82, 2.24) is 20.4 Å². The van der Waals surface area contributed by atoms with E-state index in [2.05, 4.69) is 9.71 Å². The number of hydrogen-bond donors (Lipinski definition) is 2. The highest BCUT2D eigenvalue weighted by atomic mass is 32.3. The lowest BCUT2D eigenvalue weighted by atomic mass is 10.0. The maximum absolute atomic E-state index is 12.4. The molecule has 2 heterocycles. The number of rotatable bonds is 5. The topological polar surface area (TPSA) is 137 Å². The number of hydroxylamine groups is 2. The van der Waals surface area contributed by atoms with Gasteiger partial charge in [-0.25, -0.2) is 4.79 Å². The van der Waals surface area contributed by atoms with E-state index in [0.29, 0.717) is 23.8 Å². The monoisotopic (exact) mass is 376 g/mol. The normalized spacial score (nSPS) is 25.9. The summed E-state index contributed by atoms with van der Waals surface area (Å²) in [6.45, 7) is 0.103. The average molecular weight is 376 g/mol. The van der Waals surface area contributed by atoms with Crippen LogP contribution in [0.3, 0.4) is 0 Å². The number of carbonyl (C=O) groups is 3. The van der Waals surface area contributed by atoms with Crippen molar-refractivity contribution in [2.24, 2.45) is 5.92 Å². The first-order chi connectivity index (χ1) is 11.7. The molecule has 0 aromatic rings. The largest absolute Gasteiger partial charge is 0.418 e. The summed E-state index contributed by atoms with van der Waals surface area (Å²) >= 11 is 0. The fraction of sp³-hybridized carbons (Fsp3) is 0.769. The van der Waals surface area contributed by atoms with Gasteiger partial charge in [0.1, 0.15) is 6.04 Å². The van der Waals surface area contributed by atoms with Crippen LogP contribution in [-0.4, -0.2) is 71.5 Å². The summed E-state index contributed by atoms with van der Waals surface area (Å²) in [6.07, 6.45) is 3.03. The van der Waals surface area contributed by atoms with E-state index in [0.717, 1.165) is 17.9 Å². The number of carbonyl (C=O) groups excluding carboxylic acids is 3. The Hall–Kier alpha value is -1.92. The van der Waals surface area contributed by atoms with Crippen molar-refractivity contribution in [3.63, 3.8) is 0 Å². The molecule has 11 nitrogen and oxygen atoms in total. The predicted molar refractivity (Wildman–Crippen MR) is 81.6 cm³/mol. The Bertz CT molecular complexity index is 692. The third-order valence-corrected chi connectivity index (χ3v) is 4.96. The second-order valence-corrected chi connectivity index (χ2v) is 7.59. The lowest BCUT2D eigenvalue weighted by Crippen LogP contribution is -2.54. The summed E-state index contributed by atoms with van der Waals surface area (Å²) in [4.78, 5) is 37.8. The molecule has 1 saturated carbocycles. The zero-order valence-corrected chi connectivity index (χ0v) is 14.4. The smallest absolute Gasteiger partial charge is 0.309 e. The van der Waals surface area contributed by atoms with E-state index in [1.165, 1.54) is 11.9 Å². The molecule has 2 bridgehead atoms. The van der Waals surface area contributed by atoms with Crippen LogP contribution in [0.15, 0.2) is 0 Å². The molecule has 140 valence electrons. The van der Waals surface area contributed by atoms with Crippen LogP contribution in [-0.2, 0) is 24.3 Å². The summed E-state index contributed by atoms with van der Waals surface area (Å²) in [7, 11) is -3.38. The summed E-state index contributed by atoms with van der Waals surface area (Å²) in [5.74, 6) is -0.339. The molecule has 1 aliphatic carbocycles. The number of urea groups is 1. The van der Waals surface area contributed by atoms with E-state index < -0.39 is 34.4 Å². The van der Waals surface area contributed by atoms with Crippen molar-refractivity contribution >= 4 is 28.2 Å². The third kappa shape index (κ3) is 4.02. The van der Waals surface area contributed by atoms with E-state index in [9.17, 15) is 22.8 Å². The molecule has 0 radical (unpaired) electrons. The molecule has 0 aromatic heterocycles. The molecule has 4 amide bonds. The van der Waals surface area contributed by atoms with Crippen molar-refractivity contribution in [2.45, 2.75) is 44.2 Å². The van der Waals surface area contributed by atoms with Gasteiger partial charge in [-0.3, -0.25) is 24.6 Å². The minimum Gasteiger partial charge on any atom is -0.309 e. The molecule has 3 aliphatic rings. The Kier molecular flexibility index (Phi) is 4.60. The average Bonchev–Trinajstić information content (AvgIpc) is 3.30. The van der Waals surface area contributed by atoms with Gasteiger partial charge in [0, 0.05) is 20.0 Å². The number of amides is 4. The SMILES string of the molecule is CN(NC(=O)[C@H]1CC[C@H]2CN1C(=O)N2OS(=O)(=O)O)C(=O)CC1CC1. The van der Waals surface area contributed by atoms with Gasteiger partial charge in [-0.1, -0.05) is 0 Å². The van der Waals surface area contributed by atoms with Crippen LogP contribution in [0.5, 0.6) is 0 Å². The first kappa shape index (κ1) is 17.9. The van der Waals surface area contributed by atoms with Gasteiger partial charge in [0.15, 0.2) is 0 Å². The fourth-order valence-electron chi connectivity index (χ4n) is 3.11. The highest BCUT2D eigenvalue weighted by Crippen LogP contribution is 2.33. The van der Waals surface area contributed by atoms with Crippen LogP contribution >= 0.6 is 0 Å². The molecule has 0 spiro atoms. The standard InChI is InChI=1S/C13H20N4O7S/c1-15(11(18)6-8-2-3-8)14-12(19)10-5-4-9-7-16(10)13(20)17(9)24-25(21,22)23/h8-10H,2-7H2,1H3,(H,14,19)(H,21,22,23)/t9-,10+/m0/s1. The van der Waals surface area contributed by atoms with Gasteiger partial charge in [0.25, 0.3) is 5.91 Å². The van der Waals surface area contributed by atoms with Crippen LogP contribution in [0.1, 0.15) is 32.1 Å². The van der Waals surface area contributed by atoms with Crippen LogP contribution in [0.2, 0.25) is 0 Å². The first-order valence-electron chi connectivity index (χ1n) is 7.99. The fourth-order valence-corrected chi connectivity index (χ4v) is 3.50. The minimum atomic E-state index is -4.83. The highest BCUT2D eigenvalue weighted by molar-refractivity contribution is 7.80. The molecule has 3 fully saturated rings. The quantitative estimate of drug-likeness (QED) is 0.477. The second kappa shape index (κ2) is 6.42. The summed E-state index contributed by atoms with van der Waals surface area (Å²) < 4.78 is 34.8. The van der Waals surface area contributed by atoms with Gasteiger partial charge in [-0.15, -0.1) is 4.28 Å². The van der Waals surface area contributed by atoms with Crippen LogP contribution in [0, 0.1) is 5.92 Å². The Labute approximate surface area is 144 Å². The summed E-state index contributed by atoms with van der Waals surface area (Å²) in [5, 5.41) is 1.70. The summed E-state index contributed by atoms with van der Waals surface area (Å²) in [5.41, 5.74) is 2.47. The van der Waals surface area contributed by atoms with Gasteiger partial charge in [0.05, 0.1) is 6.04 Å². The maximum atomic E-state index is 12.4. The van der Waals surface area contributed by atoms with Crippen molar-refractivity contribution in [1.29, 1.82) is 0 Å². The van der Waals surface area contributed by atoms with E-state index in [1.807, 2.05) is 0 Å². The van der Waals surface area contributed by atoms with Gasteiger partial charge < -0.3 is 4.90 Å². The minimum absolute atomic E-state index is 0.103. The molecular weight excluding hydrogens is 356 g/mol. The number of hydrazine groups is 1.